The van der Waals surface area contributed by atoms with E-state index in [1.165, 1.54) is 44.1 Å². The van der Waals surface area contributed by atoms with E-state index in [0.717, 1.165) is 23.7 Å². The van der Waals surface area contributed by atoms with Gasteiger partial charge in [-0.1, -0.05) is 39.8 Å². The maximum absolute atomic E-state index is 4.20. The van der Waals surface area contributed by atoms with Crippen LogP contribution in [-0.2, 0) is 0 Å². The van der Waals surface area contributed by atoms with Crippen LogP contribution in [0.2, 0.25) is 0 Å². The number of rotatable bonds is 7. The summed E-state index contributed by atoms with van der Waals surface area (Å²) in [6, 6.07) is 0. The fourth-order valence-electron chi connectivity index (χ4n) is 2.79. The van der Waals surface area contributed by atoms with E-state index in [4.69, 9.17) is 0 Å². The van der Waals surface area contributed by atoms with E-state index >= 15 is 0 Å². The summed E-state index contributed by atoms with van der Waals surface area (Å²) < 4.78 is 0. The van der Waals surface area contributed by atoms with E-state index in [1.54, 1.807) is 0 Å². The van der Waals surface area contributed by atoms with Crippen LogP contribution in [0.25, 0.3) is 0 Å². The molecule has 0 heterocycles. The van der Waals surface area contributed by atoms with Crippen molar-refractivity contribution >= 4 is 0 Å². The fourth-order valence-corrected chi connectivity index (χ4v) is 2.79. The molecule has 0 N–H and O–H groups in total. The molecule has 0 radical (unpaired) electrons. The summed E-state index contributed by atoms with van der Waals surface area (Å²) in [6.45, 7) is 13.6. The maximum atomic E-state index is 4.20. The third kappa shape index (κ3) is 4.31. The minimum absolute atomic E-state index is 0.823. The van der Waals surface area contributed by atoms with Crippen LogP contribution in [0.15, 0.2) is 12.2 Å². The van der Waals surface area contributed by atoms with Gasteiger partial charge in [0.2, 0.25) is 0 Å². The van der Waals surface area contributed by atoms with Crippen LogP contribution in [0.5, 0.6) is 0 Å². The molecule has 0 bridgehead atoms. The molecule has 1 saturated carbocycles. The van der Waals surface area contributed by atoms with Crippen molar-refractivity contribution in [2.24, 2.45) is 23.7 Å². The number of allylic oxidation sites excluding steroid dienone is 1. The molecule has 0 aliphatic heterocycles. The average Bonchev–Trinajstić information content (AvgIpc) is 2.24. The van der Waals surface area contributed by atoms with E-state index in [2.05, 4.69) is 34.3 Å². The van der Waals surface area contributed by atoms with Crippen molar-refractivity contribution in [2.75, 3.05) is 0 Å². The summed E-state index contributed by atoms with van der Waals surface area (Å²) in [4.78, 5) is 0. The molecule has 0 amide bonds. The van der Waals surface area contributed by atoms with Gasteiger partial charge in [-0.3, -0.25) is 0 Å². The fraction of sp³-hybridized carbons (Fsp3) is 0.875. The van der Waals surface area contributed by atoms with E-state index in [1.807, 2.05) is 0 Å². The Balaban J connectivity index is 2.01. The lowest BCUT2D eigenvalue weighted by molar-refractivity contribution is 0.0932. The lowest BCUT2D eigenvalue weighted by atomic mass is 9.65. The predicted molar refractivity (Wildman–Crippen MR) is 73.5 cm³/mol. The summed E-state index contributed by atoms with van der Waals surface area (Å²) in [5.41, 5.74) is 1.48. The largest absolute Gasteiger partial charge is 0.0999 e. The lowest BCUT2D eigenvalue weighted by Gasteiger charge is -2.41. The number of hydrogen-bond acceptors (Lipinski definition) is 0. The first-order chi connectivity index (χ1) is 7.50. The van der Waals surface area contributed by atoms with Gasteiger partial charge in [0, 0.05) is 0 Å². The zero-order chi connectivity index (χ0) is 12.1. The molecule has 0 aromatic rings. The third-order valence-corrected chi connectivity index (χ3v) is 4.50. The normalized spacial score (nSPS) is 29.2. The van der Waals surface area contributed by atoms with Gasteiger partial charge in [0.15, 0.2) is 0 Å². The molecule has 1 fully saturated rings. The molecule has 1 aliphatic carbocycles. The molecule has 0 aromatic heterocycles. The lowest BCUT2D eigenvalue weighted by Crippen LogP contribution is -2.32. The van der Waals surface area contributed by atoms with Gasteiger partial charge in [0.05, 0.1) is 0 Å². The summed E-state index contributed by atoms with van der Waals surface area (Å²) in [5, 5.41) is 0. The van der Waals surface area contributed by atoms with Crippen LogP contribution in [0, 0.1) is 23.7 Å². The van der Waals surface area contributed by atoms with Crippen molar-refractivity contribution in [3.63, 3.8) is 0 Å². The van der Waals surface area contributed by atoms with Gasteiger partial charge in [-0.05, 0) is 62.2 Å². The first-order valence-corrected chi connectivity index (χ1v) is 7.17. The Labute approximate surface area is 103 Å². The summed E-state index contributed by atoms with van der Waals surface area (Å²) in [5.74, 6) is 3.80. The highest BCUT2D eigenvalue weighted by atomic mass is 14.4. The number of hydrogen-bond donors (Lipinski definition) is 0. The molecule has 16 heavy (non-hydrogen) atoms. The summed E-state index contributed by atoms with van der Waals surface area (Å²) in [7, 11) is 0. The van der Waals surface area contributed by atoms with Gasteiger partial charge < -0.3 is 0 Å². The Kier molecular flexibility index (Phi) is 5.58. The van der Waals surface area contributed by atoms with Gasteiger partial charge in [-0.15, -0.1) is 0 Å². The molecule has 0 spiro atoms. The van der Waals surface area contributed by atoms with Crippen LogP contribution in [0.1, 0.15) is 66.2 Å². The van der Waals surface area contributed by atoms with E-state index in [9.17, 15) is 0 Å². The molecule has 0 aromatic carbocycles. The molecule has 3 unspecified atom stereocenters. The van der Waals surface area contributed by atoms with E-state index < -0.39 is 0 Å². The first kappa shape index (κ1) is 13.8. The Morgan fingerprint density at radius 2 is 1.94 bits per heavy atom. The van der Waals surface area contributed by atoms with Crippen molar-refractivity contribution in [1.82, 2.24) is 0 Å². The highest BCUT2D eigenvalue weighted by Gasteiger charge is 2.33. The van der Waals surface area contributed by atoms with Gasteiger partial charge >= 0.3 is 0 Å². The molecule has 1 aliphatic rings. The predicted octanol–water partition coefficient (Wildman–Crippen LogP) is 5.44. The Hall–Kier alpha value is -0.260. The molecular formula is C16H30. The highest BCUT2D eigenvalue weighted by molar-refractivity contribution is 4.94. The minimum atomic E-state index is 0.823. The monoisotopic (exact) mass is 222 g/mol. The zero-order valence-electron chi connectivity index (χ0n) is 11.8. The molecular weight excluding hydrogens is 192 g/mol. The van der Waals surface area contributed by atoms with Crippen molar-refractivity contribution in [3.05, 3.63) is 12.2 Å². The molecule has 0 heteroatoms. The zero-order valence-corrected chi connectivity index (χ0v) is 11.8. The SMILES string of the molecule is C=C(CCCC1CC(C)C1C)CCC(C)C. The average molecular weight is 222 g/mol. The highest BCUT2D eigenvalue weighted by Crippen LogP contribution is 2.42. The topological polar surface area (TPSA) is 0 Å². The second-order valence-corrected chi connectivity index (χ2v) is 6.41. The van der Waals surface area contributed by atoms with Crippen LogP contribution in [-0.4, -0.2) is 0 Å². The van der Waals surface area contributed by atoms with Crippen molar-refractivity contribution in [1.29, 1.82) is 0 Å². The van der Waals surface area contributed by atoms with Gasteiger partial charge in [-0.2, -0.15) is 0 Å². The van der Waals surface area contributed by atoms with Crippen LogP contribution >= 0.6 is 0 Å². The second kappa shape index (κ2) is 6.47. The first-order valence-electron chi connectivity index (χ1n) is 7.17. The van der Waals surface area contributed by atoms with Crippen molar-refractivity contribution in [3.8, 4) is 0 Å². The van der Waals surface area contributed by atoms with Gasteiger partial charge in [0.1, 0.15) is 0 Å². The van der Waals surface area contributed by atoms with Crippen LogP contribution in [0.3, 0.4) is 0 Å². The van der Waals surface area contributed by atoms with Gasteiger partial charge in [0.25, 0.3) is 0 Å². The quantitative estimate of drug-likeness (QED) is 0.503. The Morgan fingerprint density at radius 3 is 2.44 bits per heavy atom. The molecule has 3 atom stereocenters. The Morgan fingerprint density at radius 1 is 1.25 bits per heavy atom. The van der Waals surface area contributed by atoms with Crippen LogP contribution < -0.4 is 0 Å². The van der Waals surface area contributed by atoms with E-state index in [0.29, 0.717) is 0 Å². The van der Waals surface area contributed by atoms with Crippen molar-refractivity contribution in [2.45, 2.75) is 66.2 Å². The summed E-state index contributed by atoms with van der Waals surface area (Å²) >= 11 is 0. The van der Waals surface area contributed by atoms with Crippen molar-refractivity contribution < 1.29 is 0 Å². The summed E-state index contributed by atoms with van der Waals surface area (Å²) in [6.07, 6.45) is 8.11. The smallest absolute Gasteiger partial charge is 0.0321 e. The second-order valence-electron chi connectivity index (χ2n) is 6.41. The Bertz CT molecular complexity index is 214. The maximum Gasteiger partial charge on any atom is -0.0321 e. The van der Waals surface area contributed by atoms with E-state index in [-0.39, 0.29) is 0 Å². The molecule has 0 saturated heterocycles. The standard InChI is InChI=1S/C16H30/c1-12(2)9-10-13(3)7-6-8-16-11-14(4)15(16)5/h12,14-16H,3,6-11H2,1-2,4-5H3. The molecule has 0 nitrogen and oxygen atoms in total. The molecule has 1 rings (SSSR count). The minimum Gasteiger partial charge on any atom is -0.0999 e. The van der Waals surface area contributed by atoms with Crippen LogP contribution in [0.4, 0.5) is 0 Å². The van der Waals surface area contributed by atoms with Gasteiger partial charge in [-0.25, -0.2) is 0 Å². The third-order valence-electron chi connectivity index (χ3n) is 4.50. The molecule has 94 valence electrons.